The molecule has 5 nitrogen and oxygen atoms in total. The van der Waals surface area contributed by atoms with Crippen LogP contribution in [0.15, 0.2) is 32.4 Å². The van der Waals surface area contributed by atoms with Gasteiger partial charge in [0.1, 0.15) is 11.6 Å². The number of nitriles is 1. The summed E-state index contributed by atoms with van der Waals surface area (Å²) in [6.07, 6.45) is 1.25. The number of nitrogens with zero attached hydrogens (tertiary/aromatic N) is 2. The van der Waals surface area contributed by atoms with Gasteiger partial charge in [0, 0.05) is 10.7 Å². The Hall–Kier alpha value is -2.13. The Bertz CT molecular complexity index is 789. The molecule has 1 aromatic carbocycles. The number of H-pyrrole nitrogens is 1. The summed E-state index contributed by atoms with van der Waals surface area (Å²) in [5, 5.41) is 8.87. The molecule has 0 aliphatic carbocycles. The number of nitrogens with one attached hydrogen (secondary N) is 1. The molecule has 19 heavy (non-hydrogen) atoms. The normalized spacial score (nSPS) is 10.2. The van der Waals surface area contributed by atoms with Gasteiger partial charge in [0.25, 0.3) is 5.56 Å². The highest BCUT2D eigenvalue weighted by Gasteiger charge is 2.11. The molecule has 0 unspecified atom stereocenters. The van der Waals surface area contributed by atoms with Crippen molar-refractivity contribution < 1.29 is 0 Å². The second-order valence-electron chi connectivity index (χ2n) is 4.20. The van der Waals surface area contributed by atoms with Crippen LogP contribution in [0.5, 0.6) is 0 Å². The molecular weight excluding hydrogens is 310 g/mol. The molecule has 2 rings (SSSR count). The summed E-state index contributed by atoms with van der Waals surface area (Å²) < 4.78 is 1.99. The molecule has 1 heterocycles. The minimum atomic E-state index is -0.676. The molecule has 1 aromatic heterocycles. The molecule has 0 amide bonds. The average Bonchev–Trinajstić information content (AvgIpc) is 2.30. The van der Waals surface area contributed by atoms with Crippen LogP contribution in [0.2, 0.25) is 0 Å². The van der Waals surface area contributed by atoms with Crippen LogP contribution in [0.4, 0.5) is 0 Å². The molecule has 0 atom stereocenters. The van der Waals surface area contributed by atoms with Crippen LogP contribution in [0.3, 0.4) is 0 Å². The van der Waals surface area contributed by atoms with E-state index in [0.29, 0.717) is 5.69 Å². The van der Waals surface area contributed by atoms with E-state index in [1.807, 2.05) is 26.0 Å². The smallest absolute Gasteiger partial charge is 0.273 e. The fourth-order valence-corrected chi connectivity index (χ4v) is 2.79. The van der Waals surface area contributed by atoms with Gasteiger partial charge in [-0.3, -0.25) is 14.3 Å². The van der Waals surface area contributed by atoms with Crippen molar-refractivity contribution >= 4 is 15.9 Å². The maximum atomic E-state index is 11.9. The van der Waals surface area contributed by atoms with E-state index < -0.39 is 11.2 Å². The van der Waals surface area contributed by atoms with Gasteiger partial charge < -0.3 is 0 Å². The summed E-state index contributed by atoms with van der Waals surface area (Å²) in [6, 6.07) is 5.55. The third-order valence-corrected chi connectivity index (χ3v) is 3.31. The second-order valence-corrected chi connectivity index (χ2v) is 5.05. The van der Waals surface area contributed by atoms with Gasteiger partial charge in [0.15, 0.2) is 0 Å². The summed E-state index contributed by atoms with van der Waals surface area (Å²) in [5.41, 5.74) is 1.17. The lowest BCUT2D eigenvalue weighted by molar-refractivity contribution is 0.878. The van der Waals surface area contributed by atoms with E-state index in [1.165, 1.54) is 10.8 Å². The van der Waals surface area contributed by atoms with Gasteiger partial charge in [-0.05, 0) is 47.0 Å². The van der Waals surface area contributed by atoms with E-state index in [-0.39, 0.29) is 5.56 Å². The number of aromatic nitrogens is 2. The van der Waals surface area contributed by atoms with Crippen molar-refractivity contribution in [2.24, 2.45) is 0 Å². The Labute approximate surface area is 117 Å². The molecule has 0 saturated heterocycles. The third kappa shape index (κ3) is 2.37. The third-order valence-electron chi connectivity index (χ3n) is 2.70. The van der Waals surface area contributed by atoms with Crippen molar-refractivity contribution in [1.29, 1.82) is 5.26 Å². The first kappa shape index (κ1) is 13.3. The number of rotatable bonds is 1. The minimum absolute atomic E-state index is 0.105. The highest BCUT2D eigenvalue weighted by atomic mass is 79.9. The standard InChI is InChI=1S/C13H10BrN3O2/c1-7-3-8(2)11(10(14)4-7)17-6-9(5-15)12(18)16-13(17)19/h3-4,6H,1-2H3,(H,16,18,19). The Morgan fingerprint density at radius 2 is 2.00 bits per heavy atom. The Morgan fingerprint density at radius 3 is 2.58 bits per heavy atom. The first-order valence-electron chi connectivity index (χ1n) is 5.47. The van der Waals surface area contributed by atoms with Gasteiger partial charge >= 0.3 is 5.69 Å². The zero-order valence-corrected chi connectivity index (χ0v) is 11.9. The molecule has 96 valence electrons. The molecule has 0 aliphatic heterocycles. The maximum Gasteiger partial charge on any atom is 0.333 e. The predicted octanol–water partition coefficient (Wildman–Crippen LogP) is 1.78. The van der Waals surface area contributed by atoms with Crippen molar-refractivity contribution in [2.45, 2.75) is 13.8 Å². The number of aryl methyl sites for hydroxylation is 2. The maximum absolute atomic E-state index is 11.9. The SMILES string of the molecule is Cc1cc(C)c(-n2cc(C#N)c(=O)[nH]c2=O)c(Br)c1. The molecule has 2 aromatic rings. The number of aromatic amines is 1. The van der Waals surface area contributed by atoms with Gasteiger partial charge in [0.05, 0.1) is 5.69 Å². The van der Waals surface area contributed by atoms with Crippen LogP contribution in [0.1, 0.15) is 16.7 Å². The minimum Gasteiger partial charge on any atom is -0.273 e. The van der Waals surface area contributed by atoms with Crippen molar-refractivity contribution in [3.8, 4) is 11.8 Å². The van der Waals surface area contributed by atoms with E-state index in [0.717, 1.165) is 15.6 Å². The predicted molar refractivity (Wildman–Crippen MR) is 74.5 cm³/mol. The highest BCUT2D eigenvalue weighted by molar-refractivity contribution is 9.10. The van der Waals surface area contributed by atoms with Gasteiger partial charge in [0.2, 0.25) is 0 Å². The summed E-state index contributed by atoms with van der Waals surface area (Å²) in [7, 11) is 0. The molecule has 1 N–H and O–H groups in total. The van der Waals surface area contributed by atoms with Crippen molar-refractivity contribution in [3.05, 3.63) is 60.3 Å². The molecule has 0 spiro atoms. The van der Waals surface area contributed by atoms with E-state index in [1.54, 1.807) is 6.07 Å². The Balaban J connectivity index is 2.84. The second kappa shape index (κ2) is 4.86. The van der Waals surface area contributed by atoms with E-state index in [4.69, 9.17) is 5.26 Å². The molecule has 0 bridgehead atoms. The highest BCUT2D eigenvalue weighted by Crippen LogP contribution is 2.25. The first-order valence-corrected chi connectivity index (χ1v) is 6.26. The topological polar surface area (TPSA) is 78.7 Å². The monoisotopic (exact) mass is 319 g/mol. The molecule has 0 saturated carbocycles. The lowest BCUT2D eigenvalue weighted by Crippen LogP contribution is -2.30. The van der Waals surface area contributed by atoms with Gasteiger partial charge in [-0.2, -0.15) is 5.26 Å². The van der Waals surface area contributed by atoms with Crippen LogP contribution < -0.4 is 11.2 Å². The van der Waals surface area contributed by atoms with E-state index in [2.05, 4.69) is 20.9 Å². The fraction of sp³-hybridized carbons (Fsp3) is 0.154. The van der Waals surface area contributed by atoms with Gasteiger partial charge in [-0.15, -0.1) is 0 Å². The summed E-state index contributed by atoms with van der Waals surface area (Å²) in [6.45, 7) is 3.80. The largest absolute Gasteiger partial charge is 0.333 e. The zero-order valence-electron chi connectivity index (χ0n) is 10.3. The van der Waals surface area contributed by atoms with Crippen molar-refractivity contribution in [3.63, 3.8) is 0 Å². The summed E-state index contributed by atoms with van der Waals surface area (Å²) in [4.78, 5) is 25.4. The number of benzene rings is 1. The van der Waals surface area contributed by atoms with Crippen LogP contribution in [0, 0.1) is 25.2 Å². The van der Waals surface area contributed by atoms with Crippen molar-refractivity contribution in [1.82, 2.24) is 9.55 Å². The molecule has 0 fully saturated rings. The van der Waals surface area contributed by atoms with Crippen LogP contribution in [-0.4, -0.2) is 9.55 Å². The Morgan fingerprint density at radius 1 is 1.32 bits per heavy atom. The lowest BCUT2D eigenvalue weighted by atomic mass is 10.1. The summed E-state index contributed by atoms with van der Waals surface area (Å²) >= 11 is 3.40. The number of halogens is 1. The number of hydrogen-bond donors (Lipinski definition) is 1. The van der Waals surface area contributed by atoms with Crippen LogP contribution >= 0.6 is 15.9 Å². The van der Waals surface area contributed by atoms with Crippen LogP contribution in [-0.2, 0) is 0 Å². The van der Waals surface area contributed by atoms with Crippen LogP contribution in [0.25, 0.3) is 5.69 Å². The average molecular weight is 320 g/mol. The molecule has 0 radical (unpaired) electrons. The quantitative estimate of drug-likeness (QED) is 0.870. The fourth-order valence-electron chi connectivity index (χ4n) is 1.93. The van der Waals surface area contributed by atoms with E-state index >= 15 is 0 Å². The van der Waals surface area contributed by atoms with Gasteiger partial charge in [-0.25, -0.2) is 4.79 Å². The summed E-state index contributed by atoms with van der Waals surface area (Å²) in [5.74, 6) is 0. The Kier molecular flexibility index (Phi) is 3.40. The molecule has 6 heteroatoms. The van der Waals surface area contributed by atoms with Gasteiger partial charge in [-0.1, -0.05) is 6.07 Å². The van der Waals surface area contributed by atoms with E-state index in [9.17, 15) is 9.59 Å². The molecular formula is C13H10BrN3O2. The van der Waals surface area contributed by atoms with Crippen molar-refractivity contribution in [2.75, 3.05) is 0 Å². The zero-order chi connectivity index (χ0) is 14.2. The molecule has 0 aliphatic rings. The number of hydrogen-bond acceptors (Lipinski definition) is 3. The lowest BCUT2D eigenvalue weighted by Gasteiger charge is -2.12. The first-order chi connectivity index (χ1) is 8.93.